The quantitative estimate of drug-likeness (QED) is 0.194. The number of hydrogen-bond acceptors (Lipinski definition) is 7. The number of hydrogen-bond donors (Lipinski definition) is 3. The van der Waals surface area contributed by atoms with Crippen molar-refractivity contribution in [1.82, 2.24) is 10.6 Å². The van der Waals surface area contributed by atoms with E-state index in [1.54, 1.807) is 65.0 Å². The molecule has 2 amide bonds. The molecule has 3 N–H and O–H groups in total. The van der Waals surface area contributed by atoms with Gasteiger partial charge in [0.2, 0.25) is 17.5 Å². The first-order valence-corrected chi connectivity index (χ1v) is 12.7. The number of ether oxygens (including phenoxy) is 3. The zero-order valence-corrected chi connectivity index (χ0v) is 23.3. The summed E-state index contributed by atoms with van der Waals surface area (Å²) in [5, 5.41) is 15.5. The highest BCUT2D eigenvalue weighted by molar-refractivity contribution is 5.86. The van der Waals surface area contributed by atoms with E-state index in [9.17, 15) is 37.1 Å². The second kappa shape index (κ2) is 14.7. The molecule has 2 rings (SSSR count). The molecular formula is C28H34F4N2O7. The number of halogens is 4. The zero-order valence-electron chi connectivity index (χ0n) is 23.3. The first kappa shape index (κ1) is 33.3. The molecule has 0 aliphatic carbocycles. The summed E-state index contributed by atoms with van der Waals surface area (Å²) in [6.07, 6.45) is -3.36. The summed E-state index contributed by atoms with van der Waals surface area (Å²) < 4.78 is 70.3. The molecule has 3 atom stereocenters. The Morgan fingerprint density at radius 1 is 0.951 bits per heavy atom. The van der Waals surface area contributed by atoms with Gasteiger partial charge in [-0.15, -0.1) is 0 Å². The minimum absolute atomic E-state index is 0.0105. The third-order valence-corrected chi connectivity index (χ3v) is 5.50. The van der Waals surface area contributed by atoms with E-state index in [0.29, 0.717) is 5.56 Å². The highest BCUT2D eigenvalue weighted by atomic mass is 19.2. The number of carbonyl (C=O) groups excluding carboxylic acids is 3. The maximum atomic E-state index is 14.0. The van der Waals surface area contributed by atoms with Crippen LogP contribution in [-0.2, 0) is 25.7 Å². The fourth-order valence-corrected chi connectivity index (χ4v) is 3.51. The van der Waals surface area contributed by atoms with Crippen molar-refractivity contribution in [2.45, 2.75) is 71.4 Å². The minimum Gasteiger partial charge on any atom is -0.485 e. The Bertz CT molecular complexity index is 1180. The van der Waals surface area contributed by atoms with Crippen LogP contribution in [0.3, 0.4) is 0 Å². The van der Waals surface area contributed by atoms with Crippen LogP contribution < -0.4 is 15.4 Å². The van der Waals surface area contributed by atoms with Gasteiger partial charge in [0.25, 0.3) is 0 Å². The van der Waals surface area contributed by atoms with Gasteiger partial charge < -0.3 is 30.0 Å². The summed E-state index contributed by atoms with van der Waals surface area (Å²) in [4.78, 5) is 38.0. The number of aliphatic hydroxyl groups excluding tert-OH is 1. The molecule has 0 fully saturated rings. The molecule has 41 heavy (non-hydrogen) atoms. The van der Waals surface area contributed by atoms with Crippen molar-refractivity contribution in [3.63, 3.8) is 0 Å². The molecule has 0 aliphatic rings. The Morgan fingerprint density at radius 3 is 2.07 bits per heavy atom. The summed E-state index contributed by atoms with van der Waals surface area (Å²) in [6, 6.07) is 6.11. The van der Waals surface area contributed by atoms with Gasteiger partial charge in [-0.1, -0.05) is 44.2 Å². The van der Waals surface area contributed by atoms with E-state index in [-0.39, 0.29) is 12.7 Å². The summed E-state index contributed by atoms with van der Waals surface area (Å²) in [6.45, 7) is 6.95. The molecule has 226 valence electrons. The van der Waals surface area contributed by atoms with Gasteiger partial charge in [-0.3, -0.25) is 9.59 Å². The lowest BCUT2D eigenvalue weighted by molar-refractivity contribution is -0.156. The number of benzene rings is 2. The fraction of sp³-hybridized carbons (Fsp3) is 0.464. The van der Waals surface area contributed by atoms with Crippen LogP contribution in [0.4, 0.5) is 22.4 Å². The van der Waals surface area contributed by atoms with Gasteiger partial charge in [0.1, 0.15) is 31.0 Å². The molecule has 9 nitrogen and oxygen atoms in total. The first-order valence-electron chi connectivity index (χ1n) is 12.7. The van der Waals surface area contributed by atoms with Crippen molar-refractivity contribution >= 4 is 18.0 Å². The summed E-state index contributed by atoms with van der Waals surface area (Å²) >= 11 is 0. The average Bonchev–Trinajstić information content (AvgIpc) is 2.88. The van der Waals surface area contributed by atoms with Gasteiger partial charge in [-0.2, -0.15) is 8.78 Å². The number of alkyl carbamates (subject to hydrolysis) is 1. The zero-order chi connectivity index (χ0) is 30.9. The molecule has 0 aromatic heterocycles. The molecule has 13 heteroatoms. The third-order valence-electron chi connectivity index (χ3n) is 5.50. The Labute approximate surface area is 235 Å². The second-order valence-corrected chi connectivity index (χ2v) is 10.5. The normalized spacial score (nSPS) is 13.6. The number of aliphatic hydroxyl groups is 1. The van der Waals surface area contributed by atoms with E-state index in [2.05, 4.69) is 10.6 Å². The van der Waals surface area contributed by atoms with E-state index in [1.165, 1.54) is 0 Å². The van der Waals surface area contributed by atoms with E-state index >= 15 is 0 Å². The molecule has 0 saturated carbocycles. The lowest BCUT2D eigenvalue weighted by atomic mass is 10.0. The van der Waals surface area contributed by atoms with E-state index in [0.717, 1.165) is 0 Å². The van der Waals surface area contributed by atoms with Crippen LogP contribution in [0.25, 0.3) is 0 Å². The molecule has 0 heterocycles. The number of amides is 2. The lowest BCUT2D eigenvalue weighted by Crippen LogP contribution is -2.55. The highest BCUT2D eigenvalue weighted by Crippen LogP contribution is 2.27. The molecule has 3 unspecified atom stereocenters. The molecule has 0 radical (unpaired) electrons. The predicted octanol–water partition coefficient (Wildman–Crippen LogP) is 4.15. The largest absolute Gasteiger partial charge is 0.485 e. The summed E-state index contributed by atoms with van der Waals surface area (Å²) in [5.41, 5.74) is -0.219. The van der Waals surface area contributed by atoms with Gasteiger partial charge in [0.05, 0.1) is 12.5 Å². The Hall–Kier alpha value is -3.87. The molecule has 0 spiro atoms. The topological polar surface area (TPSA) is 123 Å². The predicted molar refractivity (Wildman–Crippen MR) is 139 cm³/mol. The van der Waals surface area contributed by atoms with Crippen LogP contribution in [0.1, 0.15) is 46.6 Å². The van der Waals surface area contributed by atoms with Crippen molar-refractivity contribution in [3.8, 4) is 5.75 Å². The first-order chi connectivity index (χ1) is 19.1. The number of esters is 1. The van der Waals surface area contributed by atoms with Crippen LogP contribution in [0.2, 0.25) is 0 Å². The highest BCUT2D eigenvalue weighted by Gasteiger charge is 2.33. The molecular weight excluding hydrogens is 552 g/mol. The SMILES string of the molecule is CC(C)C(NC(=O)OCc1ccccc1)C(=O)NC(CC(=O)OC(C)(C)C)C(O)COc1c(F)c(F)cc(F)c1F. The molecule has 0 saturated heterocycles. The van der Waals surface area contributed by atoms with E-state index < -0.39 is 89.7 Å². The van der Waals surface area contributed by atoms with Crippen LogP contribution >= 0.6 is 0 Å². The van der Waals surface area contributed by atoms with Crippen LogP contribution in [-0.4, -0.2) is 53.5 Å². The van der Waals surface area contributed by atoms with Crippen molar-refractivity contribution < 1.29 is 51.3 Å². The average molecular weight is 587 g/mol. The monoisotopic (exact) mass is 586 g/mol. The van der Waals surface area contributed by atoms with E-state index in [1.807, 2.05) is 0 Å². The van der Waals surface area contributed by atoms with Crippen molar-refractivity contribution in [3.05, 3.63) is 65.2 Å². The van der Waals surface area contributed by atoms with Gasteiger partial charge >= 0.3 is 12.1 Å². The van der Waals surface area contributed by atoms with Gasteiger partial charge in [0.15, 0.2) is 17.4 Å². The van der Waals surface area contributed by atoms with Crippen molar-refractivity contribution in [2.24, 2.45) is 5.92 Å². The van der Waals surface area contributed by atoms with Crippen LogP contribution in [0.15, 0.2) is 36.4 Å². The van der Waals surface area contributed by atoms with Crippen LogP contribution in [0, 0.1) is 29.2 Å². The number of carbonyl (C=O) groups is 3. The lowest BCUT2D eigenvalue weighted by Gasteiger charge is -2.29. The minimum atomic E-state index is -1.83. The van der Waals surface area contributed by atoms with Crippen LogP contribution in [0.5, 0.6) is 5.75 Å². The summed E-state index contributed by atoms with van der Waals surface area (Å²) in [5.74, 6) is -10.7. The molecule has 2 aromatic rings. The van der Waals surface area contributed by atoms with Gasteiger partial charge in [0, 0.05) is 6.07 Å². The van der Waals surface area contributed by atoms with Gasteiger partial charge in [-0.25, -0.2) is 13.6 Å². The second-order valence-electron chi connectivity index (χ2n) is 10.5. The smallest absolute Gasteiger partial charge is 0.408 e. The maximum absolute atomic E-state index is 14.0. The van der Waals surface area contributed by atoms with E-state index in [4.69, 9.17) is 14.2 Å². The number of rotatable bonds is 12. The van der Waals surface area contributed by atoms with Crippen molar-refractivity contribution in [2.75, 3.05) is 6.61 Å². The van der Waals surface area contributed by atoms with Crippen molar-refractivity contribution in [1.29, 1.82) is 0 Å². The third kappa shape index (κ3) is 10.6. The Morgan fingerprint density at radius 2 is 1.54 bits per heavy atom. The maximum Gasteiger partial charge on any atom is 0.408 e. The fourth-order valence-electron chi connectivity index (χ4n) is 3.51. The Kier molecular flexibility index (Phi) is 11.9. The summed E-state index contributed by atoms with van der Waals surface area (Å²) in [7, 11) is 0. The molecule has 2 aromatic carbocycles. The number of nitrogens with one attached hydrogen (secondary N) is 2. The Balaban J connectivity index is 2.17. The molecule has 0 bridgehead atoms. The molecule has 0 aliphatic heterocycles. The van der Waals surface area contributed by atoms with Gasteiger partial charge in [-0.05, 0) is 32.3 Å². The standard InChI is InChI=1S/C28H34F4N2O7/c1-15(2)24(34-27(38)40-13-16-9-7-6-8-10-16)26(37)33-19(12-21(36)41-28(3,4)5)20(35)14-39-25-22(31)17(29)11-18(30)23(25)32/h6-11,15,19-20,24,35H,12-14H2,1-5H3,(H,33,37)(H,34,38).